The average molecular weight is 214 g/mol. The zero-order chi connectivity index (χ0) is 11.3. The summed E-state index contributed by atoms with van der Waals surface area (Å²) >= 11 is 0. The van der Waals surface area contributed by atoms with Crippen LogP contribution < -0.4 is 5.32 Å². The van der Waals surface area contributed by atoms with Crippen molar-refractivity contribution in [2.75, 3.05) is 26.7 Å². The van der Waals surface area contributed by atoms with Gasteiger partial charge in [0.1, 0.15) is 6.04 Å². The SMILES string of the molecule is CCC(NCC1CCN(C)CC1)C(=O)O. The number of carboxylic acids is 1. The van der Waals surface area contributed by atoms with E-state index in [-0.39, 0.29) is 6.04 Å². The van der Waals surface area contributed by atoms with Gasteiger partial charge in [-0.15, -0.1) is 0 Å². The highest BCUT2D eigenvalue weighted by Crippen LogP contribution is 2.14. The molecule has 1 aliphatic heterocycles. The minimum Gasteiger partial charge on any atom is -0.480 e. The van der Waals surface area contributed by atoms with Crippen molar-refractivity contribution in [3.63, 3.8) is 0 Å². The molecule has 1 fully saturated rings. The maximum atomic E-state index is 10.8. The number of piperidine rings is 1. The topological polar surface area (TPSA) is 52.6 Å². The number of carbonyl (C=O) groups is 1. The van der Waals surface area contributed by atoms with E-state index in [9.17, 15) is 4.79 Å². The monoisotopic (exact) mass is 214 g/mol. The second-order valence-corrected chi connectivity index (χ2v) is 4.45. The molecule has 1 heterocycles. The van der Waals surface area contributed by atoms with E-state index in [4.69, 9.17) is 5.11 Å². The fourth-order valence-electron chi connectivity index (χ4n) is 1.98. The number of hydrogen-bond donors (Lipinski definition) is 2. The highest BCUT2D eigenvalue weighted by atomic mass is 16.4. The lowest BCUT2D eigenvalue weighted by Crippen LogP contribution is -2.41. The smallest absolute Gasteiger partial charge is 0.320 e. The molecular weight excluding hydrogens is 192 g/mol. The Kier molecular flexibility index (Phi) is 5.05. The van der Waals surface area contributed by atoms with Gasteiger partial charge < -0.3 is 15.3 Å². The van der Waals surface area contributed by atoms with Crippen molar-refractivity contribution in [2.24, 2.45) is 5.92 Å². The number of rotatable bonds is 5. The van der Waals surface area contributed by atoms with Crippen LogP contribution in [0.25, 0.3) is 0 Å². The second kappa shape index (κ2) is 6.08. The Balaban J connectivity index is 2.21. The molecule has 0 aromatic rings. The van der Waals surface area contributed by atoms with E-state index in [0.29, 0.717) is 12.3 Å². The molecule has 4 heteroatoms. The van der Waals surface area contributed by atoms with Crippen LogP contribution >= 0.6 is 0 Å². The van der Waals surface area contributed by atoms with Crippen LogP contribution in [-0.4, -0.2) is 48.7 Å². The third kappa shape index (κ3) is 4.18. The van der Waals surface area contributed by atoms with Crippen molar-refractivity contribution in [2.45, 2.75) is 32.2 Å². The molecule has 88 valence electrons. The molecule has 4 nitrogen and oxygen atoms in total. The number of carboxylic acid groups (broad SMARTS) is 1. The first-order valence-corrected chi connectivity index (χ1v) is 5.78. The summed E-state index contributed by atoms with van der Waals surface area (Å²) in [6, 6.07) is -0.371. The summed E-state index contributed by atoms with van der Waals surface area (Å²) in [4.78, 5) is 13.1. The maximum absolute atomic E-state index is 10.8. The molecule has 0 saturated carbocycles. The van der Waals surface area contributed by atoms with Gasteiger partial charge in [-0.25, -0.2) is 0 Å². The Morgan fingerprint density at radius 2 is 2.13 bits per heavy atom. The zero-order valence-corrected chi connectivity index (χ0v) is 9.70. The summed E-state index contributed by atoms with van der Waals surface area (Å²) in [5.41, 5.74) is 0. The van der Waals surface area contributed by atoms with Crippen molar-refractivity contribution in [1.29, 1.82) is 0 Å². The first kappa shape index (κ1) is 12.5. The molecule has 1 aliphatic rings. The summed E-state index contributed by atoms with van der Waals surface area (Å²) in [6.45, 7) is 5.02. The fourth-order valence-corrected chi connectivity index (χ4v) is 1.98. The Labute approximate surface area is 91.6 Å². The quantitative estimate of drug-likeness (QED) is 0.710. The molecule has 1 unspecified atom stereocenters. The first-order chi connectivity index (χ1) is 7.13. The molecule has 0 aromatic carbocycles. The molecule has 0 aromatic heterocycles. The van der Waals surface area contributed by atoms with Crippen LogP contribution in [0.3, 0.4) is 0 Å². The number of aliphatic carboxylic acids is 1. The number of hydrogen-bond acceptors (Lipinski definition) is 3. The Morgan fingerprint density at radius 3 is 2.60 bits per heavy atom. The first-order valence-electron chi connectivity index (χ1n) is 5.78. The highest BCUT2D eigenvalue weighted by molar-refractivity contribution is 5.73. The molecule has 15 heavy (non-hydrogen) atoms. The molecule has 0 aliphatic carbocycles. The van der Waals surface area contributed by atoms with Crippen LogP contribution in [-0.2, 0) is 4.79 Å². The van der Waals surface area contributed by atoms with E-state index < -0.39 is 5.97 Å². The van der Waals surface area contributed by atoms with E-state index in [0.717, 1.165) is 19.6 Å². The predicted molar refractivity (Wildman–Crippen MR) is 59.9 cm³/mol. The Morgan fingerprint density at radius 1 is 1.53 bits per heavy atom. The average Bonchev–Trinajstić information content (AvgIpc) is 2.21. The van der Waals surface area contributed by atoms with Crippen LogP contribution in [0, 0.1) is 5.92 Å². The van der Waals surface area contributed by atoms with Crippen molar-refractivity contribution in [3.8, 4) is 0 Å². The molecule has 0 bridgehead atoms. The lowest BCUT2D eigenvalue weighted by Gasteiger charge is -2.29. The van der Waals surface area contributed by atoms with E-state index in [1.807, 2.05) is 6.92 Å². The summed E-state index contributed by atoms with van der Waals surface area (Å²) in [5, 5.41) is 12.0. The largest absolute Gasteiger partial charge is 0.480 e. The van der Waals surface area contributed by atoms with Gasteiger partial charge >= 0.3 is 5.97 Å². The van der Waals surface area contributed by atoms with Gasteiger partial charge in [0.15, 0.2) is 0 Å². The van der Waals surface area contributed by atoms with Crippen LogP contribution in [0.5, 0.6) is 0 Å². The van der Waals surface area contributed by atoms with Gasteiger partial charge in [-0.2, -0.15) is 0 Å². The highest BCUT2D eigenvalue weighted by Gasteiger charge is 2.19. The Hall–Kier alpha value is -0.610. The summed E-state index contributed by atoms with van der Waals surface area (Å²) < 4.78 is 0. The zero-order valence-electron chi connectivity index (χ0n) is 9.70. The lowest BCUT2D eigenvalue weighted by atomic mass is 9.97. The third-order valence-electron chi connectivity index (χ3n) is 3.20. The van der Waals surface area contributed by atoms with Gasteiger partial charge in [0, 0.05) is 0 Å². The molecular formula is C11H22N2O2. The standard InChI is InChI=1S/C11H22N2O2/c1-3-10(11(14)15)12-8-9-4-6-13(2)7-5-9/h9-10,12H,3-8H2,1-2H3,(H,14,15). The van der Waals surface area contributed by atoms with Gasteiger partial charge in [-0.1, -0.05) is 6.92 Å². The molecule has 1 saturated heterocycles. The number of nitrogens with zero attached hydrogens (tertiary/aromatic N) is 1. The molecule has 0 spiro atoms. The molecule has 1 atom stereocenters. The predicted octanol–water partition coefficient (Wildman–Crippen LogP) is 0.781. The van der Waals surface area contributed by atoms with E-state index in [2.05, 4.69) is 17.3 Å². The minimum atomic E-state index is -0.731. The van der Waals surface area contributed by atoms with Gasteiger partial charge in [0.25, 0.3) is 0 Å². The van der Waals surface area contributed by atoms with E-state index >= 15 is 0 Å². The van der Waals surface area contributed by atoms with Gasteiger partial charge in [-0.05, 0) is 51.9 Å². The van der Waals surface area contributed by atoms with Gasteiger partial charge in [-0.3, -0.25) is 4.79 Å². The van der Waals surface area contributed by atoms with Crippen LogP contribution in [0.15, 0.2) is 0 Å². The minimum absolute atomic E-state index is 0.371. The summed E-state index contributed by atoms with van der Waals surface area (Å²) in [6.07, 6.45) is 3.01. The third-order valence-corrected chi connectivity index (χ3v) is 3.20. The Bertz CT molecular complexity index is 201. The van der Waals surface area contributed by atoms with Crippen molar-refractivity contribution >= 4 is 5.97 Å². The normalized spacial score (nSPS) is 21.5. The number of nitrogens with one attached hydrogen (secondary N) is 1. The van der Waals surface area contributed by atoms with Gasteiger partial charge in [0.05, 0.1) is 0 Å². The van der Waals surface area contributed by atoms with Crippen LogP contribution in [0.4, 0.5) is 0 Å². The van der Waals surface area contributed by atoms with Crippen molar-refractivity contribution in [1.82, 2.24) is 10.2 Å². The molecule has 0 radical (unpaired) electrons. The second-order valence-electron chi connectivity index (χ2n) is 4.45. The molecule has 0 amide bonds. The van der Waals surface area contributed by atoms with Gasteiger partial charge in [0.2, 0.25) is 0 Å². The number of likely N-dealkylation sites (tertiary alicyclic amines) is 1. The van der Waals surface area contributed by atoms with E-state index in [1.54, 1.807) is 0 Å². The summed E-state index contributed by atoms with van der Waals surface area (Å²) in [5.74, 6) is -0.0833. The van der Waals surface area contributed by atoms with Crippen molar-refractivity contribution in [3.05, 3.63) is 0 Å². The maximum Gasteiger partial charge on any atom is 0.320 e. The van der Waals surface area contributed by atoms with Crippen LogP contribution in [0.2, 0.25) is 0 Å². The van der Waals surface area contributed by atoms with Crippen molar-refractivity contribution < 1.29 is 9.90 Å². The lowest BCUT2D eigenvalue weighted by molar-refractivity contribution is -0.139. The molecule has 2 N–H and O–H groups in total. The molecule has 1 rings (SSSR count). The summed E-state index contributed by atoms with van der Waals surface area (Å²) in [7, 11) is 2.13. The van der Waals surface area contributed by atoms with E-state index in [1.165, 1.54) is 12.8 Å². The van der Waals surface area contributed by atoms with Crippen LogP contribution in [0.1, 0.15) is 26.2 Å². The fraction of sp³-hybridized carbons (Fsp3) is 0.909.